The molecule has 5 nitrogen and oxygen atoms in total. The van der Waals surface area contributed by atoms with Gasteiger partial charge in [0.1, 0.15) is 10.6 Å². The highest BCUT2D eigenvalue weighted by atomic mass is 79.9. The van der Waals surface area contributed by atoms with Crippen molar-refractivity contribution in [1.82, 2.24) is 21.3 Å². The van der Waals surface area contributed by atoms with Crippen molar-refractivity contribution >= 4 is 37.8 Å². The molecule has 0 aromatic heterocycles. The fourth-order valence-electron chi connectivity index (χ4n) is 1.30. The molecule has 1 atom stereocenters. The molecule has 0 aliphatic rings. The van der Waals surface area contributed by atoms with Gasteiger partial charge in [0, 0.05) is 18.3 Å². The minimum absolute atomic E-state index is 0.00548. The van der Waals surface area contributed by atoms with Crippen molar-refractivity contribution in [2.24, 2.45) is 0 Å². The van der Waals surface area contributed by atoms with Gasteiger partial charge in [-0.05, 0) is 21.1 Å². The third kappa shape index (κ3) is 5.09. The maximum atomic E-state index is 11.5. The lowest BCUT2D eigenvalue weighted by atomic mass is 10.2. The number of rotatable bonds is 8. The molecule has 7 heteroatoms. The van der Waals surface area contributed by atoms with Gasteiger partial charge in [-0.1, -0.05) is 31.9 Å². The fourth-order valence-corrected chi connectivity index (χ4v) is 1.76. The molecular formula is C9H20Br2N4O. The highest BCUT2D eigenvalue weighted by Crippen LogP contribution is 2.04. The number of hydrogen-bond donors (Lipinski definition) is 4. The zero-order chi connectivity index (χ0) is 12.6. The van der Waals surface area contributed by atoms with E-state index in [0.717, 1.165) is 6.42 Å². The minimum Gasteiger partial charge on any atom is -0.355 e. The quantitative estimate of drug-likeness (QED) is 0.363. The highest BCUT2D eigenvalue weighted by molar-refractivity contribution is 9.12. The average molecular weight is 360 g/mol. The van der Waals surface area contributed by atoms with Crippen LogP contribution in [0.25, 0.3) is 0 Å². The van der Waals surface area contributed by atoms with Gasteiger partial charge in [-0.3, -0.25) is 20.7 Å². The maximum Gasteiger partial charge on any atom is 0.234 e. The van der Waals surface area contributed by atoms with E-state index in [-0.39, 0.29) is 16.5 Å². The molecular weight excluding hydrogens is 340 g/mol. The van der Waals surface area contributed by atoms with Crippen LogP contribution in [0.15, 0.2) is 0 Å². The smallest absolute Gasteiger partial charge is 0.234 e. The molecule has 4 N–H and O–H groups in total. The van der Waals surface area contributed by atoms with E-state index >= 15 is 0 Å². The molecule has 96 valence electrons. The number of amides is 1. The molecule has 1 unspecified atom stereocenters. The van der Waals surface area contributed by atoms with Crippen LogP contribution in [0.1, 0.15) is 6.42 Å². The second kappa shape index (κ2) is 8.41. The van der Waals surface area contributed by atoms with E-state index in [1.165, 1.54) is 0 Å². The van der Waals surface area contributed by atoms with E-state index in [0.29, 0.717) is 11.9 Å². The molecule has 0 saturated carbocycles. The Morgan fingerprint density at radius 3 is 2.12 bits per heavy atom. The largest absolute Gasteiger partial charge is 0.355 e. The predicted molar refractivity (Wildman–Crippen MR) is 74.0 cm³/mol. The Labute approximate surface area is 114 Å². The van der Waals surface area contributed by atoms with Gasteiger partial charge in [0.05, 0.1) is 0 Å². The Morgan fingerprint density at radius 1 is 1.25 bits per heavy atom. The van der Waals surface area contributed by atoms with E-state index in [1.807, 2.05) is 21.1 Å². The average Bonchev–Trinajstić information content (AvgIpc) is 2.34. The first-order valence-corrected chi connectivity index (χ1v) is 7.13. The Balaban J connectivity index is 4.00. The molecule has 0 aliphatic carbocycles. The number of alkyl halides is 2. The van der Waals surface area contributed by atoms with Gasteiger partial charge in [0.15, 0.2) is 0 Å². The third-order valence-electron chi connectivity index (χ3n) is 2.50. The van der Waals surface area contributed by atoms with Gasteiger partial charge in [-0.15, -0.1) is 0 Å². The molecule has 16 heavy (non-hydrogen) atoms. The molecule has 0 bridgehead atoms. The Hall–Kier alpha value is 0.310. The van der Waals surface area contributed by atoms with E-state index in [4.69, 9.17) is 0 Å². The number of hydrogen-bond acceptors (Lipinski definition) is 4. The van der Waals surface area contributed by atoms with Crippen LogP contribution in [0, 0.1) is 0 Å². The highest BCUT2D eigenvalue weighted by Gasteiger charge is 2.23. The van der Waals surface area contributed by atoms with Gasteiger partial charge in [-0.25, -0.2) is 0 Å². The summed E-state index contributed by atoms with van der Waals surface area (Å²) < 4.78 is 0. The Kier molecular flexibility index (Phi) is 8.57. The van der Waals surface area contributed by atoms with Crippen LogP contribution >= 0.6 is 31.9 Å². The van der Waals surface area contributed by atoms with Crippen LogP contribution < -0.4 is 21.3 Å². The van der Waals surface area contributed by atoms with Crippen molar-refractivity contribution < 1.29 is 4.79 Å². The molecule has 1 amide bonds. The van der Waals surface area contributed by atoms with Crippen molar-refractivity contribution in [3.8, 4) is 0 Å². The van der Waals surface area contributed by atoms with Crippen LogP contribution in [0.2, 0.25) is 0 Å². The molecule has 0 rings (SSSR count). The topological polar surface area (TPSA) is 65.2 Å². The molecule has 0 fully saturated rings. The molecule has 0 heterocycles. The van der Waals surface area contributed by atoms with Gasteiger partial charge < -0.3 is 5.32 Å². The molecule has 0 saturated heterocycles. The van der Waals surface area contributed by atoms with Gasteiger partial charge in [0.25, 0.3) is 0 Å². The van der Waals surface area contributed by atoms with Crippen LogP contribution in [0.5, 0.6) is 0 Å². The summed E-state index contributed by atoms with van der Waals surface area (Å²) in [6.45, 7) is 0.594. The lowest BCUT2D eigenvalue weighted by molar-refractivity contribution is -0.120. The Morgan fingerprint density at radius 2 is 1.75 bits per heavy atom. The lowest BCUT2D eigenvalue weighted by Gasteiger charge is -2.33. The second-order valence-corrected chi connectivity index (χ2v) is 5.07. The predicted octanol–water partition coefficient (Wildman–Crippen LogP) is -0.0369. The first kappa shape index (κ1) is 16.3. The van der Waals surface area contributed by atoms with Crippen molar-refractivity contribution in [2.45, 2.75) is 17.0 Å². The molecule has 0 aromatic carbocycles. The van der Waals surface area contributed by atoms with Crippen molar-refractivity contribution in [2.75, 3.05) is 33.0 Å². The summed E-state index contributed by atoms with van der Waals surface area (Å²) in [6, 6.07) is 0. The maximum absolute atomic E-state index is 11.5. The van der Waals surface area contributed by atoms with E-state index in [1.54, 1.807) is 0 Å². The first-order chi connectivity index (χ1) is 7.55. The van der Waals surface area contributed by atoms with Crippen LogP contribution in [-0.2, 0) is 4.79 Å². The number of halogens is 2. The molecule has 0 aromatic rings. The lowest BCUT2D eigenvalue weighted by Crippen LogP contribution is -2.64. The fraction of sp³-hybridized carbons (Fsp3) is 0.889. The minimum atomic E-state index is -0.344. The summed E-state index contributed by atoms with van der Waals surface area (Å²) in [4.78, 5) is 11.3. The summed E-state index contributed by atoms with van der Waals surface area (Å²) >= 11 is 6.51. The van der Waals surface area contributed by atoms with Crippen molar-refractivity contribution in [3.63, 3.8) is 0 Å². The zero-order valence-electron chi connectivity index (χ0n) is 9.86. The first-order valence-electron chi connectivity index (χ1n) is 5.09. The Bertz CT molecular complexity index is 203. The summed E-state index contributed by atoms with van der Waals surface area (Å²) in [7, 11) is 5.59. The van der Waals surface area contributed by atoms with Gasteiger partial charge in [0.2, 0.25) is 5.91 Å². The molecule has 0 aliphatic heterocycles. The summed E-state index contributed by atoms with van der Waals surface area (Å²) in [6.07, 6.45) is 0.740. The van der Waals surface area contributed by atoms with Crippen molar-refractivity contribution in [3.05, 3.63) is 0 Å². The normalized spacial score (nSPS) is 13.6. The molecule has 0 spiro atoms. The second-order valence-electron chi connectivity index (χ2n) is 3.32. The summed E-state index contributed by atoms with van der Waals surface area (Å²) in [5.41, 5.74) is 0. The number of nitrogens with one attached hydrogen (secondary N) is 4. The van der Waals surface area contributed by atoms with Gasteiger partial charge in [-0.2, -0.15) is 0 Å². The van der Waals surface area contributed by atoms with E-state index in [2.05, 4.69) is 53.1 Å². The number of carbonyl (C=O) groups excluding carboxylic acids is 1. The molecule has 0 radical (unpaired) electrons. The number of carbonyl (C=O) groups is 1. The van der Waals surface area contributed by atoms with Crippen LogP contribution in [0.3, 0.4) is 0 Å². The standard InChI is InChI=1S/C9H20Br2N4O/c1-12-9(13-2,14-3)4-5-15-8(16)7(11)6-10/h7,12-14H,4-6H2,1-3H3,(H,15,16). The summed E-state index contributed by atoms with van der Waals surface area (Å²) in [5, 5.41) is 12.9. The van der Waals surface area contributed by atoms with E-state index < -0.39 is 0 Å². The SMILES string of the molecule is CNC(CCNC(=O)C(Br)CBr)(NC)NC. The van der Waals surface area contributed by atoms with Gasteiger partial charge >= 0.3 is 0 Å². The van der Waals surface area contributed by atoms with E-state index in [9.17, 15) is 4.79 Å². The zero-order valence-corrected chi connectivity index (χ0v) is 13.0. The monoisotopic (exact) mass is 358 g/mol. The third-order valence-corrected chi connectivity index (χ3v) is 4.76. The van der Waals surface area contributed by atoms with Crippen LogP contribution in [0.4, 0.5) is 0 Å². The summed E-state index contributed by atoms with van der Waals surface area (Å²) in [5.74, 6) is -0.349. The van der Waals surface area contributed by atoms with Crippen molar-refractivity contribution in [1.29, 1.82) is 0 Å². The van der Waals surface area contributed by atoms with Crippen LogP contribution in [-0.4, -0.2) is 49.5 Å².